The summed E-state index contributed by atoms with van der Waals surface area (Å²) in [5.41, 5.74) is 1.27. The Balaban J connectivity index is 1.99. The summed E-state index contributed by atoms with van der Waals surface area (Å²) in [5, 5.41) is 2.75. The molecule has 0 saturated heterocycles. The van der Waals surface area contributed by atoms with Crippen LogP contribution in [0.2, 0.25) is 0 Å². The fourth-order valence-corrected chi connectivity index (χ4v) is 2.57. The molecule has 1 amide bonds. The number of hydrogen-bond donors (Lipinski definition) is 1. The minimum Gasteiger partial charge on any atom is -0.451 e. The number of carbonyl (C=O) groups is 3. The lowest BCUT2D eigenvalue weighted by Crippen LogP contribution is -2.24. The molecule has 0 aliphatic heterocycles. The zero-order valence-electron chi connectivity index (χ0n) is 14.5. The number of nitrogens with zero attached hydrogens (tertiary/aromatic N) is 1. The van der Waals surface area contributed by atoms with Crippen LogP contribution in [0.4, 0.5) is 5.69 Å². The van der Waals surface area contributed by atoms with Crippen molar-refractivity contribution in [3.8, 4) is 0 Å². The molecule has 0 radical (unpaired) electrons. The molecule has 1 atom stereocenters. The van der Waals surface area contributed by atoms with Gasteiger partial charge in [0.15, 0.2) is 6.10 Å². The predicted molar refractivity (Wildman–Crippen MR) is 101 cm³/mol. The van der Waals surface area contributed by atoms with Gasteiger partial charge >= 0.3 is 5.97 Å². The van der Waals surface area contributed by atoms with Crippen LogP contribution in [0.5, 0.6) is 0 Å². The fraction of sp³-hybridized carbons (Fsp3) is 0.263. The normalized spacial score (nSPS) is 11.5. The quantitative estimate of drug-likeness (QED) is 0.542. The van der Waals surface area contributed by atoms with Gasteiger partial charge in [0, 0.05) is 34.5 Å². The van der Waals surface area contributed by atoms with E-state index < -0.39 is 12.1 Å². The molecule has 2 aromatic rings. The fourth-order valence-electron chi connectivity index (χ4n) is 2.21. The summed E-state index contributed by atoms with van der Waals surface area (Å²) < 4.78 is 5.86. The highest BCUT2D eigenvalue weighted by atomic mass is 79.9. The summed E-state index contributed by atoms with van der Waals surface area (Å²) >= 11 is 3.23. The lowest BCUT2D eigenvalue weighted by atomic mass is 10.1. The van der Waals surface area contributed by atoms with Gasteiger partial charge in [0.05, 0.1) is 5.56 Å². The number of ether oxygens (including phenoxy) is 1. The molecule has 2 rings (SSSR count). The molecule has 0 saturated carbocycles. The first-order valence-corrected chi connectivity index (χ1v) is 8.95. The number of halogens is 1. The molecule has 1 unspecified atom stereocenters. The van der Waals surface area contributed by atoms with Gasteiger partial charge in [0.1, 0.15) is 0 Å². The molecule has 0 bridgehead atoms. The molecule has 0 aliphatic rings. The number of Topliss-reactive ketones (excluding diaryl/α,β-unsaturated/α-hetero) is 1. The number of hydrogen-bond acceptors (Lipinski definition) is 5. The number of anilines is 1. The Kier molecular flexibility index (Phi) is 7.03. The number of ketones is 1. The maximum absolute atomic E-state index is 12.4. The molecular formula is C19H19BrN2O4. The first-order valence-electron chi connectivity index (χ1n) is 8.16. The number of rotatable bonds is 7. The third-order valence-electron chi connectivity index (χ3n) is 3.52. The molecule has 26 heavy (non-hydrogen) atoms. The van der Waals surface area contributed by atoms with Crippen molar-refractivity contribution in [2.24, 2.45) is 0 Å². The second kappa shape index (κ2) is 9.24. The van der Waals surface area contributed by atoms with Crippen molar-refractivity contribution >= 4 is 39.3 Å². The third-order valence-corrected chi connectivity index (χ3v) is 3.96. The van der Waals surface area contributed by atoms with Crippen molar-refractivity contribution in [2.45, 2.75) is 32.8 Å². The molecule has 1 N–H and O–H groups in total. The minimum absolute atomic E-state index is 0.0727. The zero-order chi connectivity index (χ0) is 19.1. The van der Waals surface area contributed by atoms with E-state index in [4.69, 9.17) is 4.74 Å². The lowest BCUT2D eigenvalue weighted by molar-refractivity contribution is -0.116. The molecule has 0 spiro atoms. The van der Waals surface area contributed by atoms with Crippen molar-refractivity contribution in [1.82, 2.24) is 4.98 Å². The maximum atomic E-state index is 12.4. The monoisotopic (exact) mass is 418 g/mol. The largest absolute Gasteiger partial charge is 0.451 e. The van der Waals surface area contributed by atoms with Crippen LogP contribution in [0.15, 0.2) is 47.2 Å². The lowest BCUT2D eigenvalue weighted by Gasteiger charge is -2.13. The summed E-state index contributed by atoms with van der Waals surface area (Å²) in [7, 11) is 0. The molecular weight excluding hydrogens is 400 g/mol. The van der Waals surface area contributed by atoms with Crippen LogP contribution in [0.3, 0.4) is 0 Å². The van der Waals surface area contributed by atoms with Crippen LogP contribution in [-0.4, -0.2) is 28.7 Å². The van der Waals surface area contributed by atoms with Crippen molar-refractivity contribution < 1.29 is 19.1 Å². The molecule has 7 heteroatoms. The summed E-state index contributed by atoms with van der Waals surface area (Å²) in [6.45, 7) is 3.44. The van der Waals surface area contributed by atoms with E-state index in [9.17, 15) is 14.4 Å². The Hall–Kier alpha value is -2.54. The number of nitrogens with one attached hydrogen (secondary N) is 1. The van der Waals surface area contributed by atoms with E-state index in [-0.39, 0.29) is 17.3 Å². The van der Waals surface area contributed by atoms with Gasteiger partial charge in [-0.2, -0.15) is 0 Å². The third kappa shape index (κ3) is 5.49. The predicted octanol–water partition coefficient (Wildman–Crippen LogP) is 4.01. The Morgan fingerprint density at radius 2 is 1.85 bits per heavy atom. The number of aromatic nitrogens is 1. The number of amides is 1. The van der Waals surface area contributed by atoms with Gasteiger partial charge in [0.25, 0.3) is 0 Å². The molecule has 0 fully saturated rings. The van der Waals surface area contributed by atoms with Crippen LogP contribution in [0, 0.1) is 0 Å². The van der Waals surface area contributed by atoms with Crippen molar-refractivity contribution in [3.63, 3.8) is 0 Å². The minimum atomic E-state index is -0.943. The molecule has 1 heterocycles. The van der Waals surface area contributed by atoms with E-state index in [0.29, 0.717) is 22.1 Å². The highest BCUT2D eigenvalue weighted by Gasteiger charge is 2.20. The second-order valence-electron chi connectivity index (χ2n) is 5.68. The number of pyridine rings is 1. The van der Waals surface area contributed by atoms with Crippen LogP contribution in [0.1, 0.15) is 47.4 Å². The molecule has 136 valence electrons. The summed E-state index contributed by atoms with van der Waals surface area (Å²) in [5.74, 6) is -1.02. The summed E-state index contributed by atoms with van der Waals surface area (Å²) in [6.07, 6.45) is 3.18. The van der Waals surface area contributed by atoms with Gasteiger partial charge < -0.3 is 10.1 Å². The molecule has 1 aromatic heterocycles. The average Bonchev–Trinajstić information content (AvgIpc) is 2.62. The first kappa shape index (κ1) is 19.8. The topological polar surface area (TPSA) is 85.4 Å². The van der Waals surface area contributed by atoms with Gasteiger partial charge in [-0.25, -0.2) is 4.79 Å². The standard InChI is InChI=1S/C19H19BrN2O4/c1-3-4-17(23)22-16-7-5-13(6-8-16)18(24)12(2)26-19(25)14-9-15(20)11-21-10-14/h5-12H,3-4H2,1-2H3,(H,22,23). The first-order chi connectivity index (χ1) is 12.4. The highest BCUT2D eigenvalue weighted by molar-refractivity contribution is 9.10. The Bertz CT molecular complexity index is 805. The van der Waals surface area contributed by atoms with Gasteiger partial charge in [-0.05, 0) is 59.6 Å². The van der Waals surface area contributed by atoms with Gasteiger partial charge in [0.2, 0.25) is 11.7 Å². The van der Waals surface area contributed by atoms with E-state index in [1.807, 2.05) is 6.92 Å². The number of carbonyl (C=O) groups excluding carboxylic acids is 3. The Morgan fingerprint density at radius 1 is 1.15 bits per heavy atom. The van der Waals surface area contributed by atoms with Gasteiger partial charge in [-0.3, -0.25) is 14.6 Å². The highest BCUT2D eigenvalue weighted by Crippen LogP contribution is 2.15. The van der Waals surface area contributed by atoms with Crippen molar-refractivity contribution in [3.05, 3.63) is 58.3 Å². The maximum Gasteiger partial charge on any atom is 0.340 e. The van der Waals surface area contributed by atoms with Crippen LogP contribution < -0.4 is 5.32 Å². The smallest absolute Gasteiger partial charge is 0.340 e. The van der Waals surface area contributed by atoms with E-state index in [2.05, 4.69) is 26.2 Å². The molecule has 1 aromatic carbocycles. The van der Waals surface area contributed by atoms with Crippen LogP contribution in [-0.2, 0) is 9.53 Å². The van der Waals surface area contributed by atoms with E-state index in [0.717, 1.165) is 6.42 Å². The molecule has 0 aliphatic carbocycles. The van der Waals surface area contributed by atoms with Crippen molar-refractivity contribution in [1.29, 1.82) is 0 Å². The van der Waals surface area contributed by atoms with Crippen molar-refractivity contribution in [2.75, 3.05) is 5.32 Å². The zero-order valence-corrected chi connectivity index (χ0v) is 16.1. The summed E-state index contributed by atoms with van der Waals surface area (Å²) in [6, 6.07) is 8.05. The van der Waals surface area contributed by atoms with Crippen LogP contribution in [0.25, 0.3) is 0 Å². The van der Waals surface area contributed by atoms with E-state index >= 15 is 0 Å². The Labute approximate surface area is 160 Å². The summed E-state index contributed by atoms with van der Waals surface area (Å²) in [4.78, 5) is 40.0. The van der Waals surface area contributed by atoms with Gasteiger partial charge in [-0.1, -0.05) is 6.92 Å². The van der Waals surface area contributed by atoms with E-state index in [1.54, 1.807) is 36.5 Å². The second-order valence-corrected chi connectivity index (χ2v) is 6.59. The average molecular weight is 419 g/mol. The number of benzene rings is 1. The van der Waals surface area contributed by atoms with E-state index in [1.165, 1.54) is 13.1 Å². The number of esters is 1. The Morgan fingerprint density at radius 3 is 2.46 bits per heavy atom. The SMILES string of the molecule is CCCC(=O)Nc1ccc(C(=O)C(C)OC(=O)c2cncc(Br)c2)cc1. The molecule has 6 nitrogen and oxygen atoms in total. The van der Waals surface area contributed by atoms with Gasteiger partial charge in [-0.15, -0.1) is 0 Å². The van der Waals surface area contributed by atoms with Crippen LogP contribution >= 0.6 is 15.9 Å².